The number of rotatable bonds is 1. The van der Waals surface area contributed by atoms with Crippen molar-refractivity contribution in [3.63, 3.8) is 0 Å². The smallest absolute Gasteiger partial charge is 0.226 e. The lowest BCUT2D eigenvalue weighted by atomic mass is 10.0. The van der Waals surface area contributed by atoms with Crippen LogP contribution in [0.1, 0.15) is 18.5 Å². The summed E-state index contributed by atoms with van der Waals surface area (Å²) in [4.78, 5) is 10.5. The molecule has 2 saturated heterocycles. The minimum Gasteiger partial charge on any atom is -0.347 e. The first-order valence-electron chi connectivity index (χ1n) is 6.07. The second-order valence-electron chi connectivity index (χ2n) is 4.45. The molecular weight excluding hydrogens is 232 g/mol. The first-order valence-corrected chi connectivity index (χ1v) is 6.07. The van der Waals surface area contributed by atoms with Crippen molar-refractivity contribution in [3.8, 4) is 6.07 Å². The summed E-state index contributed by atoms with van der Waals surface area (Å²) >= 11 is 0. The lowest BCUT2D eigenvalue weighted by Crippen LogP contribution is -2.45. The molecule has 6 nitrogen and oxygen atoms in total. The fourth-order valence-corrected chi connectivity index (χ4v) is 2.40. The van der Waals surface area contributed by atoms with Crippen molar-refractivity contribution >= 4 is 5.95 Å². The van der Waals surface area contributed by atoms with E-state index in [1.165, 1.54) is 0 Å². The van der Waals surface area contributed by atoms with Gasteiger partial charge < -0.3 is 14.4 Å². The number of nitriles is 1. The van der Waals surface area contributed by atoms with E-state index >= 15 is 0 Å². The molecule has 0 aliphatic carbocycles. The maximum absolute atomic E-state index is 8.83. The van der Waals surface area contributed by atoms with Gasteiger partial charge in [0.15, 0.2) is 5.79 Å². The first-order chi connectivity index (χ1) is 8.81. The average molecular weight is 246 g/mol. The Morgan fingerprint density at radius 3 is 2.67 bits per heavy atom. The highest BCUT2D eigenvalue weighted by Crippen LogP contribution is 2.32. The molecule has 6 heteroatoms. The lowest BCUT2D eigenvalue weighted by Gasteiger charge is -2.37. The van der Waals surface area contributed by atoms with Crippen molar-refractivity contribution in [1.29, 1.82) is 5.26 Å². The van der Waals surface area contributed by atoms with Crippen LogP contribution in [-0.2, 0) is 9.47 Å². The van der Waals surface area contributed by atoms with E-state index in [4.69, 9.17) is 14.7 Å². The number of aromatic nitrogens is 2. The second-order valence-corrected chi connectivity index (χ2v) is 4.45. The van der Waals surface area contributed by atoms with Crippen molar-refractivity contribution in [1.82, 2.24) is 9.97 Å². The van der Waals surface area contributed by atoms with Crippen LogP contribution in [0.15, 0.2) is 12.3 Å². The average Bonchev–Trinajstić information content (AvgIpc) is 2.88. The molecule has 18 heavy (non-hydrogen) atoms. The van der Waals surface area contributed by atoms with Gasteiger partial charge in [-0.25, -0.2) is 9.97 Å². The molecule has 2 aliphatic heterocycles. The van der Waals surface area contributed by atoms with Crippen LogP contribution in [0.3, 0.4) is 0 Å². The molecule has 0 N–H and O–H groups in total. The minimum absolute atomic E-state index is 0.386. The number of hydrogen-bond donors (Lipinski definition) is 0. The SMILES string of the molecule is N#Cc1ccnc(N2CCC3(CC2)OCCO3)n1. The predicted molar refractivity (Wildman–Crippen MR) is 62.8 cm³/mol. The number of piperidine rings is 1. The van der Waals surface area contributed by atoms with Crippen LogP contribution in [0, 0.1) is 11.3 Å². The summed E-state index contributed by atoms with van der Waals surface area (Å²) in [6.07, 6.45) is 3.24. The Morgan fingerprint density at radius 1 is 1.28 bits per heavy atom. The molecule has 0 aromatic carbocycles. The molecule has 0 amide bonds. The van der Waals surface area contributed by atoms with Gasteiger partial charge in [0.1, 0.15) is 11.8 Å². The van der Waals surface area contributed by atoms with Gasteiger partial charge >= 0.3 is 0 Å². The van der Waals surface area contributed by atoms with Crippen LogP contribution in [0.5, 0.6) is 0 Å². The Labute approximate surface area is 105 Å². The summed E-state index contributed by atoms with van der Waals surface area (Å²) in [6, 6.07) is 3.64. The molecule has 1 aromatic heterocycles. The molecule has 2 fully saturated rings. The summed E-state index contributed by atoms with van der Waals surface area (Å²) in [5.74, 6) is 0.227. The third-order valence-corrected chi connectivity index (χ3v) is 3.38. The van der Waals surface area contributed by atoms with Crippen molar-refractivity contribution in [2.45, 2.75) is 18.6 Å². The van der Waals surface area contributed by atoms with Crippen molar-refractivity contribution < 1.29 is 9.47 Å². The van der Waals surface area contributed by atoms with Gasteiger partial charge in [-0.05, 0) is 6.07 Å². The van der Waals surface area contributed by atoms with Crippen LogP contribution in [0.2, 0.25) is 0 Å². The van der Waals surface area contributed by atoms with E-state index < -0.39 is 0 Å². The highest BCUT2D eigenvalue weighted by molar-refractivity contribution is 5.34. The van der Waals surface area contributed by atoms with Gasteiger partial charge in [-0.1, -0.05) is 0 Å². The van der Waals surface area contributed by atoms with E-state index in [1.54, 1.807) is 12.3 Å². The quantitative estimate of drug-likeness (QED) is 0.726. The van der Waals surface area contributed by atoms with Gasteiger partial charge in [0.2, 0.25) is 5.95 Å². The predicted octanol–water partition coefficient (Wildman–Crippen LogP) is 0.692. The zero-order chi connectivity index (χ0) is 12.4. The van der Waals surface area contributed by atoms with Crippen molar-refractivity contribution in [2.75, 3.05) is 31.2 Å². The van der Waals surface area contributed by atoms with E-state index in [1.807, 2.05) is 6.07 Å². The summed E-state index contributed by atoms with van der Waals surface area (Å²) in [6.45, 7) is 2.94. The molecule has 0 saturated carbocycles. The van der Waals surface area contributed by atoms with Gasteiger partial charge in [0.25, 0.3) is 0 Å². The topological polar surface area (TPSA) is 71.3 Å². The number of hydrogen-bond acceptors (Lipinski definition) is 6. The molecule has 1 aromatic rings. The lowest BCUT2D eigenvalue weighted by molar-refractivity contribution is -0.169. The van der Waals surface area contributed by atoms with Crippen LogP contribution in [0.4, 0.5) is 5.95 Å². The highest BCUT2D eigenvalue weighted by Gasteiger charge is 2.40. The van der Waals surface area contributed by atoms with Crippen LogP contribution < -0.4 is 4.90 Å². The third-order valence-electron chi connectivity index (χ3n) is 3.38. The molecule has 0 unspecified atom stereocenters. The van der Waals surface area contributed by atoms with E-state index in [0.29, 0.717) is 24.9 Å². The van der Waals surface area contributed by atoms with E-state index in [0.717, 1.165) is 25.9 Å². The third kappa shape index (κ3) is 2.03. The monoisotopic (exact) mass is 246 g/mol. The molecule has 0 radical (unpaired) electrons. The first kappa shape index (κ1) is 11.4. The van der Waals surface area contributed by atoms with E-state index in [-0.39, 0.29) is 5.79 Å². The maximum Gasteiger partial charge on any atom is 0.226 e. The molecule has 2 aliphatic rings. The molecule has 3 rings (SSSR count). The maximum atomic E-state index is 8.83. The zero-order valence-corrected chi connectivity index (χ0v) is 10.0. The van der Waals surface area contributed by atoms with Gasteiger partial charge in [-0.15, -0.1) is 0 Å². The van der Waals surface area contributed by atoms with Gasteiger partial charge in [-0.3, -0.25) is 0 Å². The largest absolute Gasteiger partial charge is 0.347 e. The number of nitrogens with zero attached hydrogens (tertiary/aromatic N) is 4. The van der Waals surface area contributed by atoms with Crippen molar-refractivity contribution in [3.05, 3.63) is 18.0 Å². The Morgan fingerprint density at radius 2 is 2.00 bits per heavy atom. The standard InChI is InChI=1S/C12H14N4O2/c13-9-10-1-4-14-11(15-10)16-5-2-12(3-6-16)17-7-8-18-12/h1,4H,2-3,5-8H2. The molecule has 0 bridgehead atoms. The summed E-state index contributed by atoms with van der Waals surface area (Å²) in [5, 5.41) is 8.83. The Bertz CT molecular complexity index is 469. The minimum atomic E-state index is -0.386. The zero-order valence-electron chi connectivity index (χ0n) is 10.0. The summed E-state index contributed by atoms with van der Waals surface area (Å²) in [5.41, 5.74) is 0.397. The Hall–Kier alpha value is -1.71. The normalized spacial score (nSPS) is 22.1. The van der Waals surface area contributed by atoms with E-state index in [2.05, 4.69) is 14.9 Å². The summed E-state index contributed by atoms with van der Waals surface area (Å²) in [7, 11) is 0. The molecule has 94 valence electrons. The van der Waals surface area contributed by atoms with Crippen LogP contribution in [0.25, 0.3) is 0 Å². The fourth-order valence-electron chi connectivity index (χ4n) is 2.40. The summed E-state index contributed by atoms with van der Waals surface area (Å²) < 4.78 is 11.3. The van der Waals surface area contributed by atoms with Gasteiger partial charge in [-0.2, -0.15) is 5.26 Å². The van der Waals surface area contributed by atoms with Crippen LogP contribution >= 0.6 is 0 Å². The van der Waals surface area contributed by atoms with Crippen molar-refractivity contribution in [2.24, 2.45) is 0 Å². The molecule has 0 atom stereocenters. The number of anilines is 1. The Kier molecular flexibility index (Phi) is 2.86. The molecule has 3 heterocycles. The van der Waals surface area contributed by atoms with Crippen LogP contribution in [-0.4, -0.2) is 42.1 Å². The van der Waals surface area contributed by atoms with Gasteiger partial charge in [0.05, 0.1) is 13.2 Å². The Balaban J connectivity index is 1.70. The fraction of sp³-hybridized carbons (Fsp3) is 0.583. The van der Waals surface area contributed by atoms with Gasteiger partial charge in [0, 0.05) is 32.1 Å². The number of ether oxygens (including phenoxy) is 2. The van der Waals surface area contributed by atoms with E-state index in [9.17, 15) is 0 Å². The molecular formula is C12H14N4O2. The second kappa shape index (κ2) is 4.52. The molecule has 1 spiro atoms. The highest BCUT2D eigenvalue weighted by atomic mass is 16.7.